The number of amides is 1. The number of benzene rings is 1. The van der Waals surface area contributed by atoms with Crippen molar-refractivity contribution < 1.29 is 9.53 Å². The zero-order valence-corrected chi connectivity index (χ0v) is 14.5. The van der Waals surface area contributed by atoms with Gasteiger partial charge in [0.2, 0.25) is 0 Å². The molecule has 5 nitrogen and oxygen atoms in total. The molecule has 5 heteroatoms. The molecule has 1 aromatic rings. The van der Waals surface area contributed by atoms with Gasteiger partial charge in [0.25, 0.3) is 5.91 Å². The van der Waals surface area contributed by atoms with Crippen molar-refractivity contribution in [3.8, 4) is 0 Å². The molecule has 0 unspecified atom stereocenters. The molecule has 130 valence electrons. The van der Waals surface area contributed by atoms with Gasteiger partial charge in [-0.1, -0.05) is 0 Å². The Kier molecular flexibility index (Phi) is 4.46. The fourth-order valence-electron chi connectivity index (χ4n) is 4.28. The van der Waals surface area contributed by atoms with Crippen molar-refractivity contribution >= 4 is 11.6 Å². The van der Waals surface area contributed by atoms with E-state index < -0.39 is 0 Å². The van der Waals surface area contributed by atoms with E-state index in [2.05, 4.69) is 29.0 Å². The molecule has 0 N–H and O–H groups in total. The Hall–Kier alpha value is -1.59. The SMILES string of the molecule is CN1C[C@@H]2COC[C@H](C1)N(C(=O)c1ccc(N3CCCC3)cc1)C2. The van der Waals surface area contributed by atoms with E-state index in [9.17, 15) is 4.79 Å². The Labute approximate surface area is 144 Å². The molecular weight excluding hydrogens is 302 g/mol. The molecule has 4 rings (SSSR count). The summed E-state index contributed by atoms with van der Waals surface area (Å²) in [7, 11) is 2.14. The molecule has 3 heterocycles. The molecule has 1 amide bonds. The fourth-order valence-corrected chi connectivity index (χ4v) is 4.28. The van der Waals surface area contributed by atoms with Gasteiger partial charge in [-0.25, -0.2) is 0 Å². The molecule has 0 aromatic heterocycles. The van der Waals surface area contributed by atoms with Crippen molar-refractivity contribution in [3.05, 3.63) is 29.8 Å². The van der Waals surface area contributed by atoms with Gasteiger partial charge in [-0.3, -0.25) is 4.79 Å². The van der Waals surface area contributed by atoms with Gasteiger partial charge in [0.15, 0.2) is 0 Å². The highest BCUT2D eigenvalue weighted by Crippen LogP contribution is 2.24. The van der Waals surface area contributed by atoms with Crippen LogP contribution < -0.4 is 4.90 Å². The largest absolute Gasteiger partial charge is 0.379 e. The second-order valence-corrected chi connectivity index (χ2v) is 7.48. The third-order valence-electron chi connectivity index (χ3n) is 5.50. The summed E-state index contributed by atoms with van der Waals surface area (Å²) in [5.74, 6) is 0.564. The van der Waals surface area contributed by atoms with Crippen molar-refractivity contribution in [2.45, 2.75) is 18.9 Å². The summed E-state index contributed by atoms with van der Waals surface area (Å²) in [6, 6.07) is 8.36. The Morgan fingerprint density at radius 2 is 1.79 bits per heavy atom. The van der Waals surface area contributed by atoms with Gasteiger partial charge >= 0.3 is 0 Å². The minimum Gasteiger partial charge on any atom is -0.379 e. The third-order valence-corrected chi connectivity index (χ3v) is 5.50. The number of likely N-dealkylation sites (N-methyl/N-ethyl adjacent to an activating group) is 1. The Balaban J connectivity index is 1.52. The van der Waals surface area contributed by atoms with Crippen LogP contribution in [-0.4, -0.2) is 74.7 Å². The number of hydrogen-bond acceptors (Lipinski definition) is 4. The average Bonchev–Trinajstić information content (AvgIpc) is 2.98. The third kappa shape index (κ3) is 3.15. The Morgan fingerprint density at radius 1 is 1.04 bits per heavy atom. The van der Waals surface area contributed by atoms with Crippen molar-refractivity contribution in [1.82, 2.24) is 9.80 Å². The monoisotopic (exact) mass is 329 g/mol. The van der Waals surface area contributed by atoms with Crippen LogP contribution in [0, 0.1) is 5.92 Å². The van der Waals surface area contributed by atoms with E-state index in [1.165, 1.54) is 18.5 Å². The molecule has 2 bridgehead atoms. The average molecular weight is 329 g/mol. The van der Waals surface area contributed by atoms with E-state index in [1.54, 1.807) is 0 Å². The zero-order valence-electron chi connectivity index (χ0n) is 14.5. The summed E-state index contributed by atoms with van der Waals surface area (Å²) in [6.07, 6.45) is 2.54. The quantitative estimate of drug-likeness (QED) is 0.827. The molecule has 3 aliphatic heterocycles. The van der Waals surface area contributed by atoms with Crippen LogP contribution in [0.15, 0.2) is 24.3 Å². The highest BCUT2D eigenvalue weighted by atomic mass is 16.5. The molecule has 1 aromatic carbocycles. The minimum absolute atomic E-state index is 0.152. The molecule has 0 aliphatic carbocycles. The summed E-state index contributed by atoms with van der Waals surface area (Å²) >= 11 is 0. The second-order valence-electron chi connectivity index (χ2n) is 7.48. The Morgan fingerprint density at radius 3 is 2.54 bits per heavy atom. The first-order valence-corrected chi connectivity index (χ1v) is 9.13. The summed E-state index contributed by atoms with van der Waals surface area (Å²) < 4.78 is 5.79. The molecule has 2 atom stereocenters. The first-order valence-electron chi connectivity index (χ1n) is 9.13. The highest BCUT2D eigenvalue weighted by Gasteiger charge is 2.35. The summed E-state index contributed by atoms with van der Waals surface area (Å²) in [5.41, 5.74) is 2.04. The highest BCUT2D eigenvalue weighted by molar-refractivity contribution is 5.95. The van der Waals surface area contributed by atoms with E-state index in [0.717, 1.165) is 44.9 Å². The standard InChI is InChI=1S/C19H27N3O2/c1-20-10-15-11-22(18(12-20)14-24-13-15)19(23)16-4-6-17(7-5-16)21-8-2-3-9-21/h4-7,15,18H,2-3,8-14H2,1H3/t15-,18-/m0/s1. The number of carbonyl (C=O) groups is 1. The number of anilines is 1. The van der Waals surface area contributed by atoms with Gasteiger partial charge in [0, 0.05) is 49.9 Å². The van der Waals surface area contributed by atoms with Gasteiger partial charge in [-0.2, -0.15) is 0 Å². The van der Waals surface area contributed by atoms with Crippen LogP contribution in [0.3, 0.4) is 0 Å². The molecule has 3 saturated heterocycles. The van der Waals surface area contributed by atoms with Crippen molar-refractivity contribution in [3.63, 3.8) is 0 Å². The first-order chi connectivity index (χ1) is 11.7. The van der Waals surface area contributed by atoms with E-state index >= 15 is 0 Å². The maximum atomic E-state index is 13.1. The fraction of sp³-hybridized carbons (Fsp3) is 0.632. The van der Waals surface area contributed by atoms with E-state index in [1.807, 2.05) is 17.0 Å². The predicted molar refractivity (Wildman–Crippen MR) is 94.5 cm³/mol. The smallest absolute Gasteiger partial charge is 0.254 e. The number of ether oxygens (including phenoxy) is 1. The number of fused-ring (bicyclic) bond motifs is 3. The van der Waals surface area contributed by atoms with Crippen LogP contribution in [0.4, 0.5) is 5.69 Å². The van der Waals surface area contributed by atoms with E-state index in [0.29, 0.717) is 12.5 Å². The topological polar surface area (TPSA) is 36.0 Å². The van der Waals surface area contributed by atoms with Gasteiger partial charge in [-0.05, 0) is 44.2 Å². The molecule has 0 saturated carbocycles. The molecule has 0 radical (unpaired) electrons. The summed E-state index contributed by atoms with van der Waals surface area (Å²) in [4.78, 5) is 19.9. The van der Waals surface area contributed by atoms with Crippen LogP contribution in [0.5, 0.6) is 0 Å². The molecule has 24 heavy (non-hydrogen) atoms. The Bertz CT molecular complexity index is 583. The van der Waals surface area contributed by atoms with E-state index in [-0.39, 0.29) is 11.9 Å². The lowest BCUT2D eigenvalue weighted by molar-refractivity contribution is 0.0483. The summed E-state index contributed by atoms with van der Waals surface area (Å²) in [6.45, 7) is 6.39. The number of nitrogens with zero attached hydrogens (tertiary/aromatic N) is 3. The maximum absolute atomic E-state index is 13.1. The first kappa shape index (κ1) is 15.9. The van der Waals surface area contributed by atoms with Crippen LogP contribution in [0.2, 0.25) is 0 Å². The van der Waals surface area contributed by atoms with Crippen molar-refractivity contribution in [2.24, 2.45) is 5.92 Å². The van der Waals surface area contributed by atoms with Crippen LogP contribution >= 0.6 is 0 Å². The van der Waals surface area contributed by atoms with Gasteiger partial charge in [0.1, 0.15) is 0 Å². The second kappa shape index (κ2) is 6.73. The van der Waals surface area contributed by atoms with Crippen molar-refractivity contribution in [2.75, 3.05) is 57.9 Å². The number of hydrogen-bond donors (Lipinski definition) is 0. The van der Waals surface area contributed by atoms with Crippen LogP contribution in [0.25, 0.3) is 0 Å². The van der Waals surface area contributed by atoms with Gasteiger partial charge in [-0.15, -0.1) is 0 Å². The molecule has 3 fully saturated rings. The zero-order chi connectivity index (χ0) is 16.5. The number of rotatable bonds is 2. The lowest BCUT2D eigenvalue weighted by Gasteiger charge is -2.30. The lowest BCUT2D eigenvalue weighted by Crippen LogP contribution is -2.45. The van der Waals surface area contributed by atoms with Gasteiger partial charge < -0.3 is 19.4 Å². The van der Waals surface area contributed by atoms with Crippen LogP contribution in [0.1, 0.15) is 23.2 Å². The predicted octanol–water partition coefficient (Wildman–Crippen LogP) is 1.69. The lowest BCUT2D eigenvalue weighted by atomic mass is 10.1. The molecule has 3 aliphatic rings. The normalized spacial score (nSPS) is 28.0. The minimum atomic E-state index is 0.152. The number of carbonyl (C=O) groups excluding carboxylic acids is 1. The van der Waals surface area contributed by atoms with E-state index in [4.69, 9.17) is 4.74 Å². The van der Waals surface area contributed by atoms with Gasteiger partial charge in [0.05, 0.1) is 19.3 Å². The van der Waals surface area contributed by atoms with Crippen LogP contribution in [-0.2, 0) is 4.74 Å². The molecular formula is C19H27N3O2. The molecule has 0 spiro atoms. The van der Waals surface area contributed by atoms with Crippen molar-refractivity contribution in [1.29, 1.82) is 0 Å². The maximum Gasteiger partial charge on any atom is 0.254 e. The summed E-state index contributed by atoms with van der Waals surface area (Å²) in [5, 5.41) is 0.